The largest absolute Gasteiger partial charge is 0.308 e. The van der Waals surface area contributed by atoms with E-state index in [4.69, 9.17) is 0 Å². The van der Waals surface area contributed by atoms with Gasteiger partial charge in [-0.25, -0.2) is 4.98 Å². The quantitative estimate of drug-likeness (QED) is 0.795. The molecule has 1 N–H and O–H groups in total. The molecule has 0 unspecified atom stereocenters. The van der Waals surface area contributed by atoms with Crippen molar-refractivity contribution >= 4 is 11.8 Å². The van der Waals surface area contributed by atoms with Crippen molar-refractivity contribution in [3.8, 4) is 0 Å². The maximum Gasteiger partial charge on any atom is 0.140 e. The molecule has 80 valence electrons. The molecule has 0 atom stereocenters. The topological polar surface area (TPSA) is 42.7 Å². The van der Waals surface area contributed by atoms with Gasteiger partial charge >= 0.3 is 0 Å². The van der Waals surface area contributed by atoms with Gasteiger partial charge < -0.3 is 5.32 Å². The van der Waals surface area contributed by atoms with E-state index in [1.165, 1.54) is 0 Å². The summed E-state index contributed by atoms with van der Waals surface area (Å²) < 4.78 is 2.07. The predicted octanol–water partition coefficient (Wildman–Crippen LogP) is 1.05. The van der Waals surface area contributed by atoms with Crippen LogP contribution in [0.4, 0.5) is 0 Å². The number of nitrogens with one attached hydrogen (secondary N) is 1. The van der Waals surface area contributed by atoms with E-state index in [2.05, 4.69) is 35.5 Å². The molecule has 1 aromatic rings. The molecular weight excluding hydrogens is 196 g/mol. The zero-order valence-electron chi connectivity index (χ0n) is 9.24. The second-order valence-corrected chi connectivity index (χ2v) is 5.38. The Balaban J connectivity index is 2.32. The lowest BCUT2D eigenvalue weighted by Crippen LogP contribution is -2.32. The highest BCUT2D eigenvalue weighted by Crippen LogP contribution is 2.19. The molecule has 0 aliphatic heterocycles. The Hall–Kier alpha value is -0.550. The van der Waals surface area contributed by atoms with Crippen LogP contribution >= 0.6 is 11.8 Å². The van der Waals surface area contributed by atoms with Crippen LogP contribution < -0.4 is 5.32 Å². The monoisotopic (exact) mass is 214 g/mol. The van der Waals surface area contributed by atoms with Crippen LogP contribution in [0.15, 0.2) is 6.33 Å². The summed E-state index contributed by atoms with van der Waals surface area (Å²) in [5.74, 6) is 0.974. The van der Waals surface area contributed by atoms with E-state index in [9.17, 15) is 0 Å². The molecule has 4 nitrogen and oxygen atoms in total. The molecular formula is C9H18N4S. The van der Waals surface area contributed by atoms with Gasteiger partial charge in [-0.2, -0.15) is 16.9 Å². The van der Waals surface area contributed by atoms with Crippen LogP contribution in [-0.2, 0) is 13.6 Å². The molecule has 14 heavy (non-hydrogen) atoms. The van der Waals surface area contributed by atoms with Crippen molar-refractivity contribution in [2.75, 3.05) is 12.8 Å². The van der Waals surface area contributed by atoms with Crippen LogP contribution in [0, 0.1) is 0 Å². The van der Waals surface area contributed by atoms with E-state index in [-0.39, 0.29) is 4.75 Å². The van der Waals surface area contributed by atoms with Crippen LogP contribution in [0.3, 0.4) is 0 Å². The fourth-order valence-corrected chi connectivity index (χ4v) is 1.27. The van der Waals surface area contributed by atoms with Crippen molar-refractivity contribution < 1.29 is 0 Å². The Bertz CT molecular complexity index is 282. The van der Waals surface area contributed by atoms with Gasteiger partial charge in [-0.3, -0.25) is 4.68 Å². The SMILES string of the molecule is CSC(C)(C)CNCc1ncnn1C. The first-order valence-electron chi connectivity index (χ1n) is 4.64. The summed E-state index contributed by atoms with van der Waals surface area (Å²) in [6, 6.07) is 0. The Kier molecular flexibility index (Phi) is 3.95. The highest BCUT2D eigenvalue weighted by molar-refractivity contribution is 7.99. The summed E-state index contributed by atoms with van der Waals surface area (Å²) in [6.45, 7) is 6.20. The number of rotatable bonds is 5. The van der Waals surface area contributed by atoms with Gasteiger partial charge in [0.2, 0.25) is 0 Å². The minimum Gasteiger partial charge on any atom is -0.308 e. The molecule has 0 spiro atoms. The lowest BCUT2D eigenvalue weighted by atomic mass is 10.2. The molecule has 1 aromatic heterocycles. The summed E-state index contributed by atoms with van der Waals surface area (Å²) >= 11 is 1.86. The van der Waals surface area contributed by atoms with Crippen LogP contribution in [0.5, 0.6) is 0 Å². The van der Waals surface area contributed by atoms with E-state index in [1.54, 1.807) is 11.0 Å². The summed E-state index contributed by atoms with van der Waals surface area (Å²) in [7, 11) is 1.91. The molecule has 0 bridgehead atoms. The Labute approximate surface area is 89.5 Å². The highest BCUT2D eigenvalue weighted by Gasteiger charge is 2.15. The third-order valence-electron chi connectivity index (χ3n) is 2.19. The summed E-state index contributed by atoms with van der Waals surface area (Å²) in [5, 5.41) is 7.39. The van der Waals surface area contributed by atoms with Gasteiger partial charge in [0.15, 0.2) is 0 Å². The standard InChI is InChI=1S/C9H18N4S/c1-9(2,14-4)6-10-5-8-11-7-12-13(8)3/h7,10H,5-6H2,1-4H3. The Morgan fingerprint density at radius 2 is 2.29 bits per heavy atom. The third kappa shape index (κ3) is 3.31. The number of aryl methyl sites for hydroxylation is 1. The first-order chi connectivity index (χ1) is 6.55. The second-order valence-electron chi connectivity index (χ2n) is 3.87. The lowest BCUT2D eigenvalue weighted by Gasteiger charge is -2.22. The fourth-order valence-electron chi connectivity index (χ4n) is 1.03. The predicted molar refractivity (Wildman–Crippen MR) is 60.3 cm³/mol. The van der Waals surface area contributed by atoms with E-state index >= 15 is 0 Å². The average molecular weight is 214 g/mol. The van der Waals surface area contributed by atoms with Gasteiger partial charge in [-0.15, -0.1) is 0 Å². The number of thioether (sulfide) groups is 1. The van der Waals surface area contributed by atoms with Gasteiger partial charge in [0.05, 0.1) is 6.54 Å². The molecule has 0 radical (unpaired) electrons. The highest BCUT2D eigenvalue weighted by atomic mass is 32.2. The zero-order chi connectivity index (χ0) is 10.6. The molecule has 0 saturated heterocycles. The van der Waals surface area contributed by atoms with Gasteiger partial charge in [-0.1, -0.05) is 0 Å². The normalized spacial score (nSPS) is 12.0. The Morgan fingerprint density at radius 3 is 2.79 bits per heavy atom. The number of nitrogens with zero attached hydrogens (tertiary/aromatic N) is 3. The molecule has 1 heterocycles. The first kappa shape index (κ1) is 11.5. The molecule has 0 aliphatic rings. The van der Waals surface area contributed by atoms with Crippen LogP contribution in [-0.4, -0.2) is 32.3 Å². The second kappa shape index (κ2) is 4.79. The summed E-state index contributed by atoms with van der Waals surface area (Å²) in [5.41, 5.74) is 0. The maximum atomic E-state index is 4.14. The molecule has 5 heteroatoms. The first-order valence-corrected chi connectivity index (χ1v) is 5.86. The van der Waals surface area contributed by atoms with Gasteiger partial charge in [0, 0.05) is 18.3 Å². The van der Waals surface area contributed by atoms with Gasteiger partial charge in [-0.05, 0) is 20.1 Å². The molecule has 0 aromatic carbocycles. The number of hydrogen-bond donors (Lipinski definition) is 1. The lowest BCUT2D eigenvalue weighted by molar-refractivity contribution is 0.560. The van der Waals surface area contributed by atoms with Crippen molar-refractivity contribution in [2.24, 2.45) is 7.05 Å². The van der Waals surface area contributed by atoms with E-state index in [0.717, 1.165) is 18.9 Å². The third-order valence-corrected chi connectivity index (χ3v) is 3.44. The molecule has 0 fully saturated rings. The van der Waals surface area contributed by atoms with Crippen LogP contribution in [0.1, 0.15) is 19.7 Å². The molecule has 0 aliphatic carbocycles. The summed E-state index contributed by atoms with van der Waals surface area (Å²) in [4.78, 5) is 4.14. The van der Waals surface area contributed by atoms with E-state index in [0.29, 0.717) is 0 Å². The molecule has 1 rings (SSSR count). The van der Waals surface area contributed by atoms with Gasteiger partial charge in [0.25, 0.3) is 0 Å². The molecule has 0 saturated carbocycles. The summed E-state index contributed by atoms with van der Waals surface area (Å²) in [6.07, 6.45) is 3.71. The number of aromatic nitrogens is 3. The Morgan fingerprint density at radius 1 is 1.57 bits per heavy atom. The van der Waals surface area contributed by atoms with Crippen molar-refractivity contribution in [1.29, 1.82) is 0 Å². The number of hydrogen-bond acceptors (Lipinski definition) is 4. The average Bonchev–Trinajstić information content (AvgIpc) is 2.52. The van der Waals surface area contributed by atoms with Crippen molar-refractivity contribution in [1.82, 2.24) is 20.1 Å². The van der Waals surface area contributed by atoms with E-state index in [1.807, 2.05) is 18.8 Å². The molecule has 0 amide bonds. The minimum atomic E-state index is 0.276. The smallest absolute Gasteiger partial charge is 0.140 e. The van der Waals surface area contributed by atoms with Crippen molar-refractivity contribution in [3.05, 3.63) is 12.2 Å². The fraction of sp³-hybridized carbons (Fsp3) is 0.778. The van der Waals surface area contributed by atoms with E-state index < -0.39 is 0 Å². The van der Waals surface area contributed by atoms with Crippen molar-refractivity contribution in [3.63, 3.8) is 0 Å². The van der Waals surface area contributed by atoms with Crippen LogP contribution in [0.2, 0.25) is 0 Å². The van der Waals surface area contributed by atoms with Crippen molar-refractivity contribution in [2.45, 2.75) is 25.1 Å². The zero-order valence-corrected chi connectivity index (χ0v) is 10.1. The van der Waals surface area contributed by atoms with Crippen LogP contribution in [0.25, 0.3) is 0 Å². The minimum absolute atomic E-state index is 0.276. The van der Waals surface area contributed by atoms with Gasteiger partial charge in [0.1, 0.15) is 12.2 Å². The maximum absolute atomic E-state index is 4.14.